The summed E-state index contributed by atoms with van der Waals surface area (Å²) in [7, 11) is 0.260. The van der Waals surface area contributed by atoms with E-state index in [1.54, 1.807) is 30.3 Å². The minimum absolute atomic E-state index is 0.191. The molecule has 0 saturated carbocycles. The SMILES string of the molecule is Cc1cccc(S(=O)(=O)N(c2ccc(F)cc2)C2CCN(Cc3ccc(N(C)C)cc3)CC2)c1. The number of aryl methyl sites for hydroxylation is 1. The number of nitrogens with zero attached hydrogens (tertiary/aromatic N) is 3. The molecule has 3 aromatic rings. The van der Waals surface area contributed by atoms with Crippen molar-refractivity contribution in [3.05, 3.63) is 89.7 Å². The average molecular weight is 482 g/mol. The van der Waals surface area contributed by atoms with Crippen LogP contribution in [0.2, 0.25) is 0 Å². The van der Waals surface area contributed by atoms with E-state index in [1.165, 1.54) is 27.7 Å². The molecule has 0 bridgehead atoms. The molecule has 0 spiro atoms. The van der Waals surface area contributed by atoms with E-state index in [0.29, 0.717) is 18.5 Å². The Balaban J connectivity index is 1.53. The van der Waals surface area contributed by atoms with Gasteiger partial charge in [-0.1, -0.05) is 24.3 Å². The molecular formula is C27H32FN3O2S. The topological polar surface area (TPSA) is 43.9 Å². The van der Waals surface area contributed by atoms with Gasteiger partial charge in [-0.05, 0) is 79.4 Å². The summed E-state index contributed by atoms with van der Waals surface area (Å²) >= 11 is 0. The van der Waals surface area contributed by atoms with Gasteiger partial charge in [0.05, 0.1) is 10.6 Å². The Morgan fingerprint density at radius 1 is 0.912 bits per heavy atom. The van der Waals surface area contributed by atoms with E-state index in [0.717, 1.165) is 25.2 Å². The maximum atomic E-state index is 13.7. The molecule has 0 N–H and O–H groups in total. The molecule has 0 aliphatic carbocycles. The molecule has 0 unspecified atom stereocenters. The fourth-order valence-electron chi connectivity index (χ4n) is 4.49. The lowest BCUT2D eigenvalue weighted by Gasteiger charge is -2.39. The largest absolute Gasteiger partial charge is 0.378 e. The van der Waals surface area contributed by atoms with Crippen LogP contribution in [-0.2, 0) is 16.6 Å². The molecule has 0 atom stereocenters. The fraction of sp³-hybridized carbons (Fsp3) is 0.333. The van der Waals surface area contributed by atoms with Gasteiger partial charge in [0.1, 0.15) is 5.82 Å². The van der Waals surface area contributed by atoms with Gasteiger partial charge in [-0.3, -0.25) is 9.21 Å². The fourth-order valence-corrected chi connectivity index (χ4v) is 6.31. The van der Waals surface area contributed by atoms with Gasteiger partial charge in [0.15, 0.2) is 0 Å². The minimum atomic E-state index is -3.79. The molecule has 3 aromatic carbocycles. The van der Waals surface area contributed by atoms with Crippen LogP contribution in [0.3, 0.4) is 0 Å². The quantitative estimate of drug-likeness (QED) is 0.473. The van der Waals surface area contributed by atoms with Crippen LogP contribution in [0.15, 0.2) is 77.7 Å². The van der Waals surface area contributed by atoms with Gasteiger partial charge in [0, 0.05) is 45.5 Å². The third kappa shape index (κ3) is 5.42. The Hall–Kier alpha value is -2.90. The van der Waals surface area contributed by atoms with Gasteiger partial charge in [0.2, 0.25) is 0 Å². The maximum Gasteiger partial charge on any atom is 0.264 e. The van der Waals surface area contributed by atoms with Gasteiger partial charge in [-0.2, -0.15) is 0 Å². The first-order valence-electron chi connectivity index (χ1n) is 11.6. The minimum Gasteiger partial charge on any atom is -0.378 e. The van der Waals surface area contributed by atoms with Crippen LogP contribution in [0.25, 0.3) is 0 Å². The van der Waals surface area contributed by atoms with Crippen molar-refractivity contribution in [3.63, 3.8) is 0 Å². The summed E-state index contributed by atoms with van der Waals surface area (Å²) in [4.78, 5) is 4.71. The zero-order valence-corrected chi connectivity index (χ0v) is 20.8. The van der Waals surface area contributed by atoms with Crippen LogP contribution >= 0.6 is 0 Å². The summed E-state index contributed by atoms with van der Waals surface area (Å²) in [5.41, 5.74) is 3.79. The molecule has 0 aromatic heterocycles. The van der Waals surface area contributed by atoms with Crippen LogP contribution in [-0.4, -0.2) is 46.5 Å². The second-order valence-corrected chi connectivity index (χ2v) is 11.0. The Morgan fingerprint density at radius 2 is 1.53 bits per heavy atom. The van der Waals surface area contributed by atoms with Crippen molar-refractivity contribution in [3.8, 4) is 0 Å². The number of hydrogen-bond donors (Lipinski definition) is 0. The molecule has 1 fully saturated rings. The molecule has 1 aliphatic heterocycles. The molecule has 180 valence electrons. The smallest absolute Gasteiger partial charge is 0.264 e. The maximum absolute atomic E-state index is 13.7. The number of halogens is 1. The summed E-state index contributed by atoms with van der Waals surface area (Å²) in [5, 5.41) is 0. The Kier molecular flexibility index (Phi) is 7.24. The molecular weight excluding hydrogens is 449 g/mol. The molecule has 1 aliphatic rings. The predicted octanol–water partition coefficient (Wildman–Crippen LogP) is 5.06. The van der Waals surface area contributed by atoms with E-state index < -0.39 is 10.0 Å². The first kappa shape index (κ1) is 24.2. The van der Waals surface area contributed by atoms with Crippen molar-refractivity contribution in [1.29, 1.82) is 0 Å². The van der Waals surface area contributed by atoms with Crippen LogP contribution in [0.4, 0.5) is 15.8 Å². The monoisotopic (exact) mass is 481 g/mol. The van der Waals surface area contributed by atoms with Gasteiger partial charge >= 0.3 is 0 Å². The molecule has 1 saturated heterocycles. The van der Waals surface area contributed by atoms with Gasteiger partial charge in [-0.25, -0.2) is 12.8 Å². The Labute approximate surface area is 202 Å². The second kappa shape index (κ2) is 10.2. The van der Waals surface area contributed by atoms with Gasteiger partial charge in [0.25, 0.3) is 10.0 Å². The highest BCUT2D eigenvalue weighted by Crippen LogP contribution is 2.31. The lowest BCUT2D eigenvalue weighted by Crippen LogP contribution is -2.47. The lowest BCUT2D eigenvalue weighted by atomic mass is 10.0. The van der Waals surface area contributed by atoms with Crippen LogP contribution < -0.4 is 9.21 Å². The number of likely N-dealkylation sites (tertiary alicyclic amines) is 1. The molecule has 7 heteroatoms. The number of piperidine rings is 1. The zero-order chi connectivity index (χ0) is 24.3. The number of sulfonamides is 1. The number of hydrogen-bond acceptors (Lipinski definition) is 4. The van der Waals surface area contributed by atoms with Crippen LogP contribution in [0.5, 0.6) is 0 Å². The molecule has 1 heterocycles. The van der Waals surface area contributed by atoms with Crippen LogP contribution in [0, 0.1) is 12.7 Å². The van der Waals surface area contributed by atoms with Crippen molar-refractivity contribution in [2.24, 2.45) is 0 Å². The highest BCUT2D eigenvalue weighted by Gasteiger charge is 2.34. The average Bonchev–Trinajstić information content (AvgIpc) is 2.82. The molecule has 4 rings (SSSR count). The van der Waals surface area contributed by atoms with Crippen molar-refractivity contribution in [2.75, 3.05) is 36.4 Å². The van der Waals surface area contributed by atoms with Crippen molar-refractivity contribution < 1.29 is 12.8 Å². The highest BCUT2D eigenvalue weighted by atomic mass is 32.2. The summed E-state index contributed by atoms with van der Waals surface area (Å²) < 4.78 is 42.6. The standard InChI is InChI=1S/C27H32FN3O2S/c1-21-5-4-6-27(19-21)34(32,33)31(25-13-9-23(28)10-14-25)26-15-17-30(18-16-26)20-22-7-11-24(12-8-22)29(2)3/h4-14,19,26H,15-18,20H2,1-3H3. The molecule has 5 nitrogen and oxygen atoms in total. The summed E-state index contributed by atoms with van der Waals surface area (Å²) in [6.45, 7) is 4.30. The Bertz CT molecular complexity index is 1200. The van der Waals surface area contributed by atoms with E-state index in [-0.39, 0.29) is 16.8 Å². The van der Waals surface area contributed by atoms with E-state index in [2.05, 4.69) is 34.1 Å². The van der Waals surface area contributed by atoms with E-state index in [9.17, 15) is 12.8 Å². The van der Waals surface area contributed by atoms with Crippen LogP contribution in [0.1, 0.15) is 24.0 Å². The van der Waals surface area contributed by atoms with Crippen molar-refractivity contribution in [2.45, 2.75) is 37.2 Å². The number of anilines is 2. The third-order valence-corrected chi connectivity index (χ3v) is 8.25. The lowest BCUT2D eigenvalue weighted by molar-refractivity contribution is 0.206. The molecule has 0 radical (unpaired) electrons. The zero-order valence-electron chi connectivity index (χ0n) is 20.0. The first-order chi connectivity index (χ1) is 16.2. The first-order valence-corrected chi connectivity index (χ1v) is 13.0. The molecule has 0 amide bonds. The summed E-state index contributed by atoms with van der Waals surface area (Å²) in [5.74, 6) is -0.383. The predicted molar refractivity (Wildman–Crippen MR) is 136 cm³/mol. The van der Waals surface area contributed by atoms with Gasteiger partial charge in [-0.15, -0.1) is 0 Å². The normalized spacial score (nSPS) is 15.3. The van der Waals surface area contributed by atoms with E-state index in [1.807, 2.05) is 27.1 Å². The highest BCUT2D eigenvalue weighted by molar-refractivity contribution is 7.92. The summed E-state index contributed by atoms with van der Waals surface area (Å²) in [6.07, 6.45) is 1.41. The van der Waals surface area contributed by atoms with Crippen molar-refractivity contribution in [1.82, 2.24) is 4.90 Å². The number of benzene rings is 3. The summed E-state index contributed by atoms with van der Waals surface area (Å²) in [6, 6.07) is 21.1. The Morgan fingerprint density at radius 3 is 2.12 bits per heavy atom. The number of rotatable bonds is 7. The second-order valence-electron chi connectivity index (χ2n) is 9.16. The van der Waals surface area contributed by atoms with E-state index >= 15 is 0 Å². The van der Waals surface area contributed by atoms with Gasteiger partial charge < -0.3 is 4.90 Å². The molecule has 34 heavy (non-hydrogen) atoms. The van der Waals surface area contributed by atoms with Crippen molar-refractivity contribution >= 4 is 21.4 Å². The third-order valence-electron chi connectivity index (χ3n) is 6.38. The van der Waals surface area contributed by atoms with E-state index in [4.69, 9.17) is 0 Å².